The second-order valence-electron chi connectivity index (χ2n) is 7.05. The van der Waals surface area contributed by atoms with E-state index in [0.717, 1.165) is 18.4 Å². The molecule has 2 heterocycles. The molecule has 1 saturated carbocycles. The van der Waals surface area contributed by atoms with Crippen LogP contribution < -0.4 is 5.32 Å². The number of nitrogens with one attached hydrogen (secondary N) is 2. The SMILES string of the molecule is CC1CCC(CNC(c2nc(-c3ncn[nH]3)no2)C(C)C)CC1. The van der Waals surface area contributed by atoms with Crippen molar-refractivity contribution in [1.82, 2.24) is 30.6 Å². The molecule has 0 radical (unpaired) electrons. The molecule has 2 aromatic heterocycles. The van der Waals surface area contributed by atoms with E-state index in [1.807, 2.05) is 0 Å². The molecule has 1 atom stereocenters. The predicted octanol–water partition coefficient (Wildman–Crippen LogP) is 2.97. The van der Waals surface area contributed by atoms with Gasteiger partial charge in [0.25, 0.3) is 0 Å². The number of hydrogen-bond donors (Lipinski definition) is 2. The fourth-order valence-electron chi connectivity index (χ4n) is 3.21. The van der Waals surface area contributed by atoms with Crippen molar-refractivity contribution in [2.45, 2.75) is 52.5 Å². The number of nitrogens with zero attached hydrogens (tertiary/aromatic N) is 4. The standard InChI is InChI=1S/C16H26N6O/c1-10(2)13(17-8-12-6-4-11(3)5-7-12)16-20-15(22-23-16)14-18-9-19-21-14/h9-13,17H,4-8H2,1-3H3,(H,18,19,21). The lowest BCUT2D eigenvalue weighted by atomic mass is 9.83. The van der Waals surface area contributed by atoms with Gasteiger partial charge in [0.2, 0.25) is 11.7 Å². The summed E-state index contributed by atoms with van der Waals surface area (Å²) in [4.78, 5) is 8.53. The zero-order valence-corrected chi connectivity index (χ0v) is 14.1. The van der Waals surface area contributed by atoms with E-state index in [0.29, 0.717) is 23.5 Å². The van der Waals surface area contributed by atoms with Crippen LogP contribution in [0, 0.1) is 17.8 Å². The maximum atomic E-state index is 5.46. The predicted molar refractivity (Wildman–Crippen MR) is 86.4 cm³/mol. The molecular formula is C16H26N6O. The molecule has 7 heteroatoms. The summed E-state index contributed by atoms with van der Waals surface area (Å²) >= 11 is 0. The maximum absolute atomic E-state index is 5.46. The Hall–Kier alpha value is -1.76. The van der Waals surface area contributed by atoms with Crippen LogP contribution in [-0.2, 0) is 0 Å². The third-order valence-corrected chi connectivity index (χ3v) is 4.76. The van der Waals surface area contributed by atoms with E-state index < -0.39 is 0 Å². The van der Waals surface area contributed by atoms with Gasteiger partial charge < -0.3 is 9.84 Å². The van der Waals surface area contributed by atoms with Crippen LogP contribution in [0.15, 0.2) is 10.9 Å². The molecule has 0 saturated heterocycles. The summed E-state index contributed by atoms with van der Waals surface area (Å²) in [5.74, 6) is 3.62. The topological polar surface area (TPSA) is 92.5 Å². The van der Waals surface area contributed by atoms with Gasteiger partial charge in [-0.3, -0.25) is 5.10 Å². The third-order valence-electron chi connectivity index (χ3n) is 4.76. The second-order valence-corrected chi connectivity index (χ2v) is 7.05. The van der Waals surface area contributed by atoms with E-state index in [4.69, 9.17) is 4.52 Å². The van der Waals surface area contributed by atoms with Crippen molar-refractivity contribution in [2.24, 2.45) is 17.8 Å². The second kappa shape index (κ2) is 7.21. The first-order chi connectivity index (χ1) is 11.1. The normalized spacial score (nSPS) is 23.3. The lowest BCUT2D eigenvalue weighted by molar-refractivity contribution is 0.242. The fraction of sp³-hybridized carbons (Fsp3) is 0.750. The van der Waals surface area contributed by atoms with Crippen molar-refractivity contribution in [3.63, 3.8) is 0 Å². The van der Waals surface area contributed by atoms with Crippen LogP contribution in [0.2, 0.25) is 0 Å². The summed E-state index contributed by atoms with van der Waals surface area (Å²) in [6.07, 6.45) is 6.75. The van der Waals surface area contributed by atoms with E-state index in [9.17, 15) is 0 Å². The quantitative estimate of drug-likeness (QED) is 0.850. The van der Waals surface area contributed by atoms with Crippen molar-refractivity contribution in [2.75, 3.05) is 6.54 Å². The molecule has 0 spiro atoms. The van der Waals surface area contributed by atoms with Crippen LogP contribution in [0.3, 0.4) is 0 Å². The van der Waals surface area contributed by atoms with Gasteiger partial charge in [0.1, 0.15) is 6.33 Å². The van der Waals surface area contributed by atoms with Crippen molar-refractivity contribution >= 4 is 0 Å². The molecule has 0 aromatic carbocycles. The van der Waals surface area contributed by atoms with Crippen LogP contribution >= 0.6 is 0 Å². The first kappa shape index (κ1) is 16.1. The van der Waals surface area contributed by atoms with Crippen LogP contribution in [0.1, 0.15) is 58.4 Å². The molecule has 0 amide bonds. The summed E-state index contributed by atoms with van der Waals surface area (Å²) in [7, 11) is 0. The molecule has 0 aliphatic heterocycles. The Bertz CT molecular complexity index is 585. The van der Waals surface area contributed by atoms with E-state index in [2.05, 4.69) is 51.4 Å². The number of aromatic amines is 1. The van der Waals surface area contributed by atoms with E-state index in [1.54, 1.807) is 0 Å². The summed E-state index contributed by atoms with van der Waals surface area (Å²) in [6, 6.07) is 0.0681. The largest absolute Gasteiger partial charge is 0.337 e. The number of rotatable bonds is 6. The molecule has 1 fully saturated rings. The summed E-state index contributed by atoms with van der Waals surface area (Å²) in [5, 5.41) is 14.2. The average Bonchev–Trinajstić information content (AvgIpc) is 3.19. The van der Waals surface area contributed by atoms with Gasteiger partial charge in [-0.2, -0.15) is 10.1 Å². The van der Waals surface area contributed by atoms with E-state index in [-0.39, 0.29) is 6.04 Å². The van der Waals surface area contributed by atoms with Gasteiger partial charge in [0, 0.05) is 0 Å². The first-order valence-corrected chi connectivity index (χ1v) is 8.56. The molecule has 126 valence electrons. The van der Waals surface area contributed by atoms with Crippen LogP contribution in [-0.4, -0.2) is 31.9 Å². The zero-order chi connectivity index (χ0) is 16.2. The molecule has 1 aliphatic carbocycles. The highest BCUT2D eigenvalue weighted by atomic mass is 16.5. The lowest BCUT2D eigenvalue weighted by Crippen LogP contribution is -2.32. The minimum Gasteiger partial charge on any atom is -0.337 e. The van der Waals surface area contributed by atoms with Crippen LogP contribution in [0.4, 0.5) is 0 Å². The molecule has 2 N–H and O–H groups in total. The van der Waals surface area contributed by atoms with Gasteiger partial charge in [0.15, 0.2) is 5.82 Å². The molecule has 3 rings (SSSR count). The van der Waals surface area contributed by atoms with Crippen molar-refractivity contribution < 1.29 is 4.52 Å². The van der Waals surface area contributed by atoms with Gasteiger partial charge in [-0.05, 0) is 37.1 Å². The number of hydrogen-bond acceptors (Lipinski definition) is 6. The summed E-state index contributed by atoms with van der Waals surface area (Å²) in [6.45, 7) is 7.69. The Morgan fingerprint density at radius 3 is 2.74 bits per heavy atom. The highest BCUT2D eigenvalue weighted by Crippen LogP contribution is 2.29. The minimum absolute atomic E-state index is 0.0681. The fourth-order valence-corrected chi connectivity index (χ4v) is 3.21. The van der Waals surface area contributed by atoms with Gasteiger partial charge in [-0.1, -0.05) is 38.8 Å². The molecular weight excluding hydrogens is 292 g/mol. The maximum Gasteiger partial charge on any atom is 0.244 e. The average molecular weight is 318 g/mol. The summed E-state index contributed by atoms with van der Waals surface area (Å²) in [5.41, 5.74) is 0. The highest BCUT2D eigenvalue weighted by molar-refractivity contribution is 5.39. The Kier molecular flexibility index (Phi) is 5.05. The molecule has 2 aromatic rings. The van der Waals surface area contributed by atoms with Gasteiger partial charge in [-0.25, -0.2) is 4.98 Å². The Balaban J connectivity index is 1.62. The van der Waals surface area contributed by atoms with Gasteiger partial charge in [-0.15, -0.1) is 0 Å². The molecule has 1 unspecified atom stereocenters. The molecule has 23 heavy (non-hydrogen) atoms. The van der Waals surface area contributed by atoms with Crippen molar-refractivity contribution in [3.05, 3.63) is 12.2 Å². The first-order valence-electron chi connectivity index (χ1n) is 8.56. The lowest BCUT2D eigenvalue weighted by Gasteiger charge is -2.28. The monoisotopic (exact) mass is 318 g/mol. The Morgan fingerprint density at radius 1 is 1.30 bits per heavy atom. The van der Waals surface area contributed by atoms with E-state index >= 15 is 0 Å². The molecule has 7 nitrogen and oxygen atoms in total. The van der Waals surface area contributed by atoms with Gasteiger partial charge >= 0.3 is 0 Å². The zero-order valence-electron chi connectivity index (χ0n) is 14.1. The Labute approximate surface area is 136 Å². The molecule has 1 aliphatic rings. The number of H-pyrrole nitrogens is 1. The number of aromatic nitrogens is 5. The molecule has 0 bridgehead atoms. The van der Waals surface area contributed by atoms with Crippen LogP contribution in [0.25, 0.3) is 11.6 Å². The summed E-state index contributed by atoms with van der Waals surface area (Å²) < 4.78 is 5.46. The van der Waals surface area contributed by atoms with Crippen molar-refractivity contribution in [1.29, 1.82) is 0 Å². The van der Waals surface area contributed by atoms with Crippen LogP contribution in [0.5, 0.6) is 0 Å². The smallest absolute Gasteiger partial charge is 0.244 e. The van der Waals surface area contributed by atoms with Gasteiger partial charge in [0.05, 0.1) is 6.04 Å². The van der Waals surface area contributed by atoms with Crippen molar-refractivity contribution in [3.8, 4) is 11.6 Å². The van der Waals surface area contributed by atoms with E-state index in [1.165, 1.54) is 32.0 Å². The third kappa shape index (κ3) is 3.96. The minimum atomic E-state index is 0.0681. The Morgan fingerprint density at radius 2 is 2.09 bits per heavy atom. The highest BCUT2D eigenvalue weighted by Gasteiger charge is 2.25.